The van der Waals surface area contributed by atoms with E-state index in [0.717, 1.165) is 18.0 Å². The number of rotatable bonds is 3. The van der Waals surface area contributed by atoms with Crippen LogP contribution >= 0.6 is 0 Å². The summed E-state index contributed by atoms with van der Waals surface area (Å²) in [7, 11) is 1.89. The van der Waals surface area contributed by atoms with E-state index >= 15 is 0 Å². The van der Waals surface area contributed by atoms with Crippen LogP contribution in [0.4, 0.5) is 0 Å². The van der Waals surface area contributed by atoms with Crippen molar-refractivity contribution in [3.63, 3.8) is 0 Å². The highest BCUT2D eigenvalue weighted by Crippen LogP contribution is 2.66. The van der Waals surface area contributed by atoms with Gasteiger partial charge < -0.3 is 10.4 Å². The Kier molecular flexibility index (Phi) is 4.38. The van der Waals surface area contributed by atoms with Crippen molar-refractivity contribution in [3.05, 3.63) is 23.4 Å². The number of ketones is 1. The molecule has 7 atom stereocenters. The van der Waals surface area contributed by atoms with Crippen molar-refractivity contribution in [2.45, 2.75) is 59.3 Å². The maximum atomic E-state index is 12.4. The van der Waals surface area contributed by atoms with Crippen molar-refractivity contribution < 1.29 is 9.90 Å². The molecule has 2 saturated carbocycles. The molecule has 0 heterocycles. The number of hydrogen-bond donors (Lipinski definition) is 2. The Morgan fingerprint density at radius 2 is 2.00 bits per heavy atom. The molecule has 144 valence electrons. The Balaban J connectivity index is 1.72. The van der Waals surface area contributed by atoms with Gasteiger partial charge in [-0.25, -0.2) is 0 Å². The zero-order valence-electron chi connectivity index (χ0n) is 16.8. The SMILES string of the molecule is CNC1=C2C=C[C@H]3[C@@H]4CC[C@H]([C@H](C)CO)[C@@]4(C)CC[C@@H]3[C@@]2(C)CCC1=O. The van der Waals surface area contributed by atoms with Crippen molar-refractivity contribution in [1.82, 2.24) is 5.32 Å². The van der Waals surface area contributed by atoms with Gasteiger partial charge in [0.2, 0.25) is 0 Å². The van der Waals surface area contributed by atoms with Crippen molar-refractivity contribution in [1.29, 1.82) is 0 Å². The Bertz CT molecular complexity index is 665. The highest BCUT2D eigenvalue weighted by Gasteiger charge is 2.59. The minimum absolute atomic E-state index is 0.133. The summed E-state index contributed by atoms with van der Waals surface area (Å²) in [5.74, 6) is 3.35. The largest absolute Gasteiger partial charge is 0.396 e. The van der Waals surface area contributed by atoms with Crippen LogP contribution in [0.15, 0.2) is 23.4 Å². The number of hydrogen-bond acceptors (Lipinski definition) is 3. The van der Waals surface area contributed by atoms with Crippen LogP contribution in [0.5, 0.6) is 0 Å². The zero-order chi connectivity index (χ0) is 18.7. The predicted molar refractivity (Wildman–Crippen MR) is 104 cm³/mol. The third-order valence-corrected chi connectivity index (χ3v) is 8.97. The van der Waals surface area contributed by atoms with Crippen molar-refractivity contribution in [2.75, 3.05) is 13.7 Å². The fourth-order valence-corrected chi connectivity index (χ4v) is 7.52. The first-order valence-electron chi connectivity index (χ1n) is 10.6. The van der Waals surface area contributed by atoms with E-state index < -0.39 is 0 Å². The molecule has 0 aromatic rings. The van der Waals surface area contributed by atoms with E-state index in [1.165, 1.54) is 31.3 Å². The molecular weight excluding hydrogens is 322 g/mol. The lowest BCUT2D eigenvalue weighted by atomic mass is 9.48. The number of carbonyl (C=O) groups excluding carboxylic acids is 1. The van der Waals surface area contributed by atoms with Gasteiger partial charge in [-0.2, -0.15) is 0 Å². The number of aliphatic hydroxyl groups excluding tert-OH is 1. The van der Waals surface area contributed by atoms with Gasteiger partial charge in [-0.3, -0.25) is 4.79 Å². The first-order chi connectivity index (χ1) is 12.4. The maximum Gasteiger partial charge on any atom is 0.178 e. The van der Waals surface area contributed by atoms with E-state index in [-0.39, 0.29) is 11.2 Å². The van der Waals surface area contributed by atoms with Gasteiger partial charge in [-0.15, -0.1) is 0 Å². The molecule has 0 aliphatic heterocycles. The van der Waals surface area contributed by atoms with Crippen molar-refractivity contribution >= 4 is 5.78 Å². The number of aliphatic hydroxyl groups is 1. The Morgan fingerprint density at radius 1 is 1.23 bits per heavy atom. The zero-order valence-corrected chi connectivity index (χ0v) is 16.8. The number of carbonyl (C=O) groups is 1. The molecule has 0 bridgehead atoms. The summed E-state index contributed by atoms with van der Waals surface area (Å²) in [4.78, 5) is 12.4. The molecule has 3 heteroatoms. The smallest absolute Gasteiger partial charge is 0.178 e. The molecule has 0 aromatic carbocycles. The van der Waals surface area contributed by atoms with Gasteiger partial charge in [0, 0.05) is 20.1 Å². The molecule has 0 unspecified atom stereocenters. The second-order valence-corrected chi connectivity index (χ2v) is 9.92. The second kappa shape index (κ2) is 6.22. The van der Waals surface area contributed by atoms with Gasteiger partial charge in [-0.05, 0) is 78.1 Å². The van der Waals surface area contributed by atoms with Crippen molar-refractivity contribution in [3.8, 4) is 0 Å². The summed E-state index contributed by atoms with van der Waals surface area (Å²) in [5, 5.41) is 13.0. The number of Topliss-reactive ketones (excluding diaryl/α,β-unsaturated/α-hetero) is 1. The van der Waals surface area contributed by atoms with Crippen LogP contribution in [0.3, 0.4) is 0 Å². The van der Waals surface area contributed by atoms with E-state index in [0.29, 0.717) is 42.1 Å². The third-order valence-electron chi connectivity index (χ3n) is 8.97. The predicted octanol–water partition coefficient (Wildman–Crippen LogP) is 4.09. The van der Waals surface area contributed by atoms with Gasteiger partial charge in [0.05, 0.1) is 5.70 Å². The standard InChI is InChI=1S/C23H35NO2/c1-14(13-25)16-7-8-17-15-5-6-19-21(24-4)20(26)10-12-23(19,3)18(15)9-11-22(16,17)2/h5-6,14-18,24-25H,7-13H2,1-4H3/t14-,15+,16-,17+,18+,22-,23-/m1/s1. The minimum Gasteiger partial charge on any atom is -0.396 e. The van der Waals surface area contributed by atoms with E-state index in [4.69, 9.17) is 0 Å². The molecule has 2 fully saturated rings. The molecule has 0 radical (unpaired) electrons. The second-order valence-electron chi connectivity index (χ2n) is 9.92. The molecule has 4 aliphatic rings. The molecular formula is C23H35NO2. The van der Waals surface area contributed by atoms with E-state index in [1.54, 1.807) is 0 Å². The lowest BCUT2D eigenvalue weighted by Crippen LogP contribution is -2.50. The normalized spacial score (nSPS) is 45.8. The van der Waals surface area contributed by atoms with Crippen molar-refractivity contribution in [2.24, 2.45) is 40.4 Å². The molecule has 4 rings (SSSR count). The summed E-state index contributed by atoms with van der Waals surface area (Å²) in [6.45, 7) is 7.46. The van der Waals surface area contributed by atoms with Crippen LogP contribution in [0.25, 0.3) is 0 Å². The third kappa shape index (κ3) is 2.32. The highest BCUT2D eigenvalue weighted by atomic mass is 16.3. The van der Waals surface area contributed by atoms with E-state index in [1.807, 2.05) is 7.05 Å². The van der Waals surface area contributed by atoms with Gasteiger partial charge in [-0.1, -0.05) is 32.9 Å². The van der Waals surface area contributed by atoms with Gasteiger partial charge >= 0.3 is 0 Å². The summed E-state index contributed by atoms with van der Waals surface area (Å²) < 4.78 is 0. The molecule has 2 N–H and O–H groups in total. The van der Waals surface area contributed by atoms with Crippen LogP contribution < -0.4 is 5.32 Å². The van der Waals surface area contributed by atoms with Gasteiger partial charge in [0.15, 0.2) is 5.78 Å². The molecule has 0 amide bonds. The monoisotopic (exact) mass is 357 g/mol. The molecule has 4 aliphatic carbocycles. The average Bonchev–Trinajstić information content (AvgIpc) is 2.99. The lowest BCUT2D eigenvalue weighted by Gasteiger charge is -2.56. The average molecular weight is 358 g/mol. The first kappa shape index (κ1) is 18.3. The van der Waals surface area contributed by atoms with Crippen LogP contribution in [0.1, 0.15) is 59.3 Å². The van der Waals surface area contributed by atoms with Gasteiger partial charge in [0.1, 0.15) is 0 Å². The number of likely N-dealkylation sites (N-methyl/N-ethyl adjacent to an activating group) is 1. The molecule has 0 aromatic heterocycles. The fourth-order valence-electron chi connectivity index (χ4n) is 7.52. The Hall–Kier alpha value is -1.09. The fraction of sp³-hybridized carbons (Fsp3) is 0.783. The van der Waals surface area contributed by atoms with E-state index in [2.05, 4.69) is 38.2 Å². The topological polar surface area (TPSA) is 49.3 Å². The molecule has 3 nitrogen and oxygen atoms in total. The Morgan fingerprint density at radius 3 is 2.69 bits per heavy atom. The summed E-state index contributed by atoms with van der Waals surface area (Å²) in [6, 6.07) is 0. The summed E-state index contributed by atoms with van der Waals surface area (Å²) >= 11 is 0. The van der Waals surface area contributed by atoms with Crippen LogP contribution in [0.2, 0.25) is 0 Å². The maximum absolute atomic E-state index is 12.4. The molecule has 0 saturated heterocycles. The number of nitrogens with one attached hydrogen (secondary N) is 1. The van der Waals surface area contributed by atoms with Crippen LogP contribution in [-0.4, -0.2) is 24.5 Å². The number of fused-ring (bicyclic) bond motifs is 5. The first-order valence-corrected chi connectivity index (χ1v) is 10.6. The Labute approximate surface area is 158 Å². The van der Waals surface area contributed by atoms with Gasteiger partial charge in [0.25, 0.3) is 0 Å². The quantitative estimate of drug-likeness (QED) is 0.800. The number of allylic oxidation sites excluding steroid dienone is 4. The lowest BCUT2D eigenvalue weighted by molar-refractivity contribution is -0.118. The summed E-state index contributed by atoms with van der Waals surface area (Å²) in [5.41, 5.74) is 2.62. The van der Waals surface area contributed by atoms with Crippen LogP contribution in [0, 0.1) is 40.4 Å². The highest BCUT2D eigenvalue weighted by molar-refractivity contribution is 5.97. The van der Waals surface area contributed by atoms with E-state index in [9.17, 15) is 9.90 Å². The minimum atomic E-state index is 0.133. The van der Waals surface area contributed by atoms with Crippen LogP contribution in [-0.2, 0) is 4.79 Å². The summed E-state index contributed by atoms with van der Waals surface area (Å²) in [6.07, 6.45) is 11.5. The molecule has 0 spiro atoms. The molecule has 26 heavy (non-hydrogen) atoms.